The van der Waals surface area contributed by atoms with E-state index in [4.69, 9.17) is 0 Å². The van der Waals surface area contributed by atoms with E-state index in [9.17, 15) is 13.5 Å². The van der Waals surface area contributed by atoms with Gasteiger partial charge in [0, 0.05) is 24.2 Å². The van der Waals surface area contributed by atoms with Crippen molar-refractivity contribution < 1.29 is 13.5 Å². The maximum Gasteiger partial charge on any atom is 0.239 e. The number of rotatable bonds is 3. The molecule has 1 aromatic carbocycles. The highest BCUT2D eigenvalue weighted by atomic mass is 32.2. The van der Waals surface area contributed by atoms with E-state index >= 15 is 0 Å². The smallest absolute Gasteiger partial charge is 0.239 e. The van der Waals surface area contributed by atoms with Crippen LogP contribution >= 0.6 is 0 Å². The zero-order chi connectivity index (χ0) is 19.9. The van der Waals surface area contributed by atoms with Gasteiger partial charge in [0.05, 0.1) is 4.91 Å². The monoisotopic (exact) mass is 379 g/mol. The van der Waals surface area contributed by atoms with Gasteiger partial charge >= 0.3 is 0 Å². The molecule has 5 heteroatoms. The van der Waals surface area contributed by atoms with Crippen molar-refractivity contribution in [2.45, 2.75) is 72.1 Å². The topological polar surface area (TPSA) is 57.6 Å². The van der Waals surface area contributed by atoms with Crippen LogP contribution in [-0.2, 0) is 20.9 Å². The predicted octanol–water partition coefficient (Wildman–Crippen LogP) is 4.77. The Kier molecular flexibility index (Phi) is 5.65. The van der Waals surface area contributed by atoms with Crippen LogP contribution in [0, 0.1) is 0 Å². The molecule has 1 aromatic rings. The van der Waals surface area contributed by atoms with Crippen LogP contribution < -0.4 is 0 Å². The van der Waals surface area contributed by atoms with Gasteiger partial charge in [-0.1, -0.05) is 48.5 Å². The van der Waals surface area contributed by atoms with E-state index in [0.29, 0.717) is 30.2 Å². The van der Waals surface area contributed by atoms with Gasteiger partial charge in [-0.25, -0.2) is 8.42 Å². The highest BCUT2D eigenvalue weighted by Crippen LogP contribution is 2.40. The van der Waals surface area contributed by atoms with E-state index < -0.39 is 10.0 Å². The molecule has 1 aliphatic heterocycles. The van der Waals surface area contributed by atoms with Crippen LogP contribution in [0.2, 0.25) is 0 Å². The fraction of sp³-hybridized carbons (Fsp3) is 0.619. The summed E-state index contributed by atoms with van der Waals surface area (Å²) in [5.41, 5.74) is 2.06. The fourth-order valence-electron chi connectivity index (χ4n) is 3.35. The molecular weight excluding hydrogens is 346 g/mol. The Morgan fingerprint density at radius 1 is 1.08 bits per heavy atom. The average molecular weight is 380 g/mol. The molecule has 1 heterocycles. The molecule has 26 heavy (non-hydrogen) atoms. The Labute approximate surface area is 159 Å². The van der Waals surface area contributed by atoms with Gasteiger partial charge in [0.15, 0.2) is 0 Å². The van der Waals surface area contributed by atoms with Crippen molar-refractivity contribution in [2.75, 3.05) is 13.1 Å². The summed E-state index contributed by atoms with van der Waals surface area (Å²) in [6.45, 7) is 15.4. The summed E-state index contributed by atoms with van der Waals surface area (Å²) in [5.74, 6) is 0.314. The molecule has 0 aliphatic carbocycles. The zero-order valence-corrected chi connectivity index (χ0v) is 18.0. The van der Waals surface area contributed by atoms with E-state index in [1.165, 1.54) is 0 Å². The van der Waals surface area contributed by atoms with E-state index in [1.807, 2.05) is 19.1 Å². The molecule has 0 aromatic heterocycles. The molecule has 0 amide bonds. The second kappa shape index (κ2) is 7.01. The van der Waals surface area contributed by atoms with E-state index in [0.717, 1.165) is 23.1 Å². The summed E-state index contributed by atoms with van der Waals surface area (Å²) in [6.07, 6.45) is 3.14. The lowest BCUT2D eigenvalue weighted by Gasteiger charge is -2.28. The number of aromatic hydroxyl groups is 1. The lowest BCUT2D eigenvalue weighted by molar-refractivity contribution is 0.423. The molecule has 0 saturated carbocycles. The summed E-state index contributed by atoms with van der Waals surface area (Å²) in [7, 11) is -3.36. The van der Waals surface area contributed by atoms with Gasteiger partial charge in [0.2, 0.25) is 10.0 Å². The van der Waals surface area contributed by atoms with Crippen LogP contribution in [0.1, 0.15) is 78.0 Å². The van der Waals surface area contributed by atoms with Crippen molar-refractivity contribution in [3.8, 4) is 5.75 Å². The standard InChI is InChI=1S/C21H33NO3S/c1-8-10-22-11-9-16(26(22,24)25)12-15-13-17(20(2,3)4)19(23)18(14-15)21(5,6)7/h12-14,23H,8-11H2,1-7H3/b16-12+. The molecule has 0 radical (unpaired) electrons. The number of benzene rings is 1. The minimum Gasteiger partial charge on any atom is -0.507 e. The molecular formula is C21H33NO3S. The van der Waals surface area contributed by atoms with Crippen molar-refractivity contribution in [3.05, 3.63) is 33.7 Å². The van der Waals surface area contributed by atoms with Crippen LogP contribution in [0.5, 0.6) is 5.75 Å². The van der Waals surface area contributed by atoms with Gasteiger partial charge in [-0.2, -0.15) is 4.31 Å². The van der Waals surface area contributed by atoms with Crippen LogP contribution in [0.15, 0.2) is 17.0 Å². The van der Waals surface area contributed by atoms with Crippen LogP contribution in [-0.4, -0.2) is 30.9 Å². The number of sulfonamides is 1. The van der Waals surface area contributed by atoms with Crippen molar-refractivity contribution in [3.63, 3.8) is 0 Å². The SMILES string of the molecule is CCCN1CC/C(=C\c2cc(C(C)(C)C)c(O)c(C(C)(C)C)c2)S1(=O)=O. The molecule has 1 saturated heterocycles. The Bertz CT molecular complexity index is 774. The van der Waals surface area contributed by atoms with E-state index in [2.05, 4.69) is 41.5 Å². The lowest BCUT2D eigenvalue weighted by Crippen LogP contribution is -2.25. The normalized spacial score (nSPS) is 20.0. The first-order valence-corrected chi connectivity index (χ1v) is 10.8. The average Bonchev–Trinajstić information content (AvgIpc) is 2.74. The van der Waals surface area contributed by atoms with Gasteiger partial charge in [-0.15, -0.1) is 0 Å². The number of nitrogens with zero attached hydrogens (tertiary/aromatic N) is 1. The number of hydrogen-bond donors (Lipinski definition) is 1. The number of hydrogen-bond acceptors (Lipinski definition) is 3. The lowest BCUT2D eigenvalue weighted by atomic mass is 9.78. The third kappa shape index (κ3) is 4.15. The number of phenolic OH excluding ortho intramolecular Hbond substituents is 1. The molecule has 0 spiro atoms. The minimum atomic E-state index is -3.36. The largest absolute Gasteiger partial charge is 0.507 e. The maximum absolute atomic E-state index is 12.7. The second-order valence-electron chi connectivity index (χ2n) is 9.23. The van der Waals surface area contributed by atoms with E-state index in [-0.39, 0.29) is 10.8 Å². The Morgan fingerprint density at radius 2 is 1.58 bits per heavy atom. The molecule has 2 rings (SSSR count). The molecule has 0 unspecified atom stereocenters. The third-order valence-electron chi connectivity index (χ3n) is 4.83. The maximum atomic E-state index is 12.7. The summed E-state index contributed by atoms with van der Waals surface area (Å²) < 4.78 is 27.0. The minimum absolute atomic E-state index is 0.235. The summed E-state index contributed by atoms with van der Waals surface area (Å²) in [4.78, 5) is 0.469. The molecule has 146 valence electrons. The van der Waals surface area contributed by atoms with E-state index in [1.54, 1.807) is 10.4 Å². The van der Waals surface area contributed by atoms with Crippen molar-refractivity contribution >= 4 is 16.1 Å². The van der Waals surface area contributed by atoms with Crippen molar-refractivity contribution in [2.24, 2.45) is 0 Å². The Hall–Kier alpha value is -1.33. The van der Waals surface area contributed by atoms with Crippen LogP contribution in [0.4, 0.5) is 0 Å². The summed E-state index contributed by atoms with van der Waals surface area (Å²) in [6, 6.07) is 3.85. The first-order chi connectivity index (χ1) is 11.8. The highest BCUT2D eigenvalue weighted by Gasteiger charge is 2.33. The molecule has 1 fully saturated rings. The first-order valence-electron chi connectivity index (χ1n) is 9.37. The molecule has 1 N–H and O–H groups in total. The second-order valence-corrected chi connectivity index (χ2v) is 11.2. The van der Waals surface area contributed by atoms with Gasteiger partial charge in [-0.3, -0.25) is 0 Å². The van der Waals surface area contributed by atoms with Gasteiger partial charge in [0.25, 0.3) is 0 Å². The predicted molar refractivity (Wildman–Crippen MR) is 109 cm³/mol. The quantitative estimate of drug-likeness (QED) is 0.823. The Morgan fingerprint density at radius 3 is 2.00 bits per heavy atom. The highest BCUT2D eigenvalue weighted by molar-refractivity contribution is 7.93. The van der Waals surface area contributed by atoms with Gasteiger partial charge in [-0.05, 0) is 47.4 Å². The third-order valence-corrected chi connectivity index (χ3v) is 6.86. The van der Waals surface area contributed by atoms with Crippen LogP contribution in [0.3, 0.4) is 0 Å². The van der Waals surface area contributed by atoms with Crippen LogP contribution in [0.25, 0.3) is 6.08 Å². The zero-order valence-electron chi connectivity index (χ0n) is 17.2. The van der Waals surface area contributed by atoms with Crippen molar-refractivity contribution in [1.82, 2.24) is 4.31 Å². The molecule has 0 bridgehead atoms. The van der Waals surface area contributed by atoms with Crippen molar-refractivity contribution in [1.29, 1.82) is 0 Å². The molecule has 4 nitrogen and oxygen atoms in total. The first kappa shape index (κ1) is 21.0. The summed E-state index contributed by atoms with van der Waals surface area (Å²) in [5, 5.41) is 10.8. The summed E-state index contributed by atoms with van der Waals surface area (Å²) >= 11 is 0. The fourth-order valence-corrected chi connectivity index (χ4v) is 5.07. The number of phenols is 1. The Balaban J connectivity index is 2.61. The van der Waals surface area contributed by atoms with Gasteiger partial charge < -0.3 is 5.11 Å². The molecule has 1 aliphatic rings. The van der Waals surface area contributed by atoms with Gasteiger partial charge in [0.1, 0.15) is 5.75 Å². The molecule has 0 atom stereocenters.